The van der Waals surface area contributed by atoms with Gasteiger partial charge in [0.05, 0.1) is 29.7 Å². The van der Waals surface area contributed by atoms with Crippen molar-refractivity contribution in [1.82, 2.24) is 14.1 Å². The van der Waals surface area contributed by atoms with Crippen LogP contribution in [-0.4, -0.2) is 53.3 Å². The maximum Gasteiger partial charge on any atom is 0.283 e. The molecule has 1 amide bonds. The summed E-state index contributed by atoms with van der Waals surface area (Å²) in [6, 6.07) is 4.42. The molecule has 0 fully saturated rings. The van der Waals surface area contributed by atoms with Crippen molar-refractivity contribution in [3.8, 4) is 11.5 Å². The summed E-state index contributed by atoms with van der Waals surface area (Å²) in [5, 5.41) is 13.9. The van der Waals surface area contributed by atoms with Gasteiger partial charge in [-0.1, -0.05) is 31.4 Å². The Morgan fingerprint density at radius 3 is 2.62 bits per heavy atom. The number of amides is 1. The highest BCUT2D eigenvalue weighted by molar-refractivity contribution is 7.89. The fourth-order valence-electron chi connectivity index (χ4n) is 3.71. The van der Waals surface area contributed by atoms with E-state index in [2.05, 4.69) is 18.3 Å². The Hall–Kier alpha value is -3.37. The van der Waals surface area contributed by atoms with E-state index in [1.165, 1.54) is 35.4 Å². The van der Waals surface area contributed by atoms with E-state index < -0.39 is 15.9 Å². The predicted octanol–water partition coefficient (Wildman–Crippen LogP) is 1.64. The summed E-state index contributed by atoms with van der Waals surface area (Å²) in [5.41, 5.74) is 1.68. The van der Waals surface area contributed by atoms with Crippen LogP contribution in [0.5, 0.6) is 11.5 Å². The van der Waals surface area contributed by atoms with Crippen LogP contribution in [0.4, 0.5) is 0 Å². The van der Waals surface area contributed by atoms with E-state index in [1.807, 2.05) is 0 Å². The van der Waals surface area contributed by atoms with Gasteiger partial charge >= 0.3 is 0 Å². The van der Waals surface area contributed by atoms with Crippen LogP contribution >= 0.6 is 0 Å². The van der Waals surface area contributed by atoms with Crippen molar-refractivity contribution < 1.29 is 27.8 Å². The van der Waals surface area contributed by atoms with E-state index in [4.69, 9.17) is 9.47 Å². The zero-order chi connectivity index (χ0) is 22.9. The van der Waals surface area contributed by atoms with Crippen LogP contribution in [0.25, 0.3) is 0 Å². The normalized spacial score (nSPS) is 16.4. The van der Waals surface area contributed by atoms with Crippen LogP contribution in [0.1, 0.15) is 11.3 Å². The lowest BCUT2D eigenvalue weighted by molar-refractivity contribution is -0.136. The number of rotatable bonds is 7. The Labute approximate surface area is 185 Å². The Balaban J connectivity index is 1.54. The molecule has 32 heavy (non-hydrogen) atoms. The summed E-state index contributed by atoms with van der Waals surface area (Å²) in [6.07, 6.45) is 6.08. The van der Waals surface area contributed by atoms with Gasteiger partial charge in [0.2, 0.25) is 5.91 Å². The van der Waals surface area contributed by atoms with E-state index in [-0.39, 0.29) is 30.5 Å². The minimum absolute atomic E-state index is 0.0291. The molecule has 168 valence electrons. The summed E-state index contributed by atoms with van der Waals surface area (Å²) >= 11 is 0. The summed E-state index contributed by atoms with van der Waals surface area (Å²) in [6.45, 7) is 8.02. The zero-order valence-corrected chi connectivity index (χ0v) is 18.1. The molecule has 3 heterocycles. The van der Waals surface area contributed by atoms with Crippen molar-refractivity contribution in [1.29, 1.82) is 0 Å². The lowest BCUT2D eigenvalue weighted by Gasteiger charge is -2.22. The molecule has 0 bridgehead atoms. The number of fused-ring (bicyclic) bond motifs is 2. The molecule has 2 aliphatic heterocycles. The largest absolute Gasteiger partial charge is 0.486 e. The lowest BCUT2D eigenvalue weighted by Crippen LogP contribution is -2.35. The van der Waals surface area contributed by atoms with Crippen LogP contribution in [0.15, 0.2) is 66.3 Å². The third-order valence-corrected chi connectivity index (χ3v) is 6.89. The van der Waals surface area contributed by atoms with Gasteiger partial charge in [-0.05, 0) is 17.7 Å². The van der Waals surface area contributed by atoms with Gasteiger partial charge in [-0.2, -0.15) is 17.6 Å². The Bertz CT molecular complexity index is 1190. The quantitative estimate of drug-likeness (QED) is 0.629. The topological polar surface area (TPSA) is 111 Å². The molecule has 2 aromatic rings. The molecule has 0 radical (unpaired) electrons. The first-order valence-electron chi connectivity index (χ1n) is 9.96. The van der Waals surface area contributed by atoms with Gasteiger partial charge in [-0.25, -0.2) is 0 Å². The molecule has 0 saturated heterocycles. The van der Waals surface area contributed by atoms with Crippen molar-refractivity contribution in [2.24, 2.45) is 5.92 Å². The van der Waals surface area contributed by atoms with Gasteiger partial charge in [0, 0.05) is 24.4 Å². The molecule has 0 saturated carbocycles. The number of hydrogen-bond donors (Lipinski definition) is 1. The second-order valence-corrected chi connectivity index (χ2v) is 9.12. The van der Waals surface area contributed by atoms with Crippen LogP contribution in [0.2, 0.25) is 0 Å². The highest BCUT2D eigenvalue weighted by atomic mass is 32.2. The summed E-state index contributed by atoms with van der Waals surface area (Å²) in [5.74, 6) is -0.201. The first kappa shape index (κ1) is 21.8. The number of aromatic nitrogens is 2. The van der Waals surface area contributed by atoms with Crippen molar-refractivity contribution in [2.75, 3.05) is 19.8 Å². The smallest absolute Gasteiger partial charge is 0.283 e. The fourth-order valence-corrected chi connectivity index (χ4v) is 4.89. The van der Waals surface area contributed by atoms with Gasteiger partial charge in [0.15, 0.2) is 11.5 Å². The molecule has 0 unspecified atom stereocenters. The molecule has 9 nitrogen and oxygen atoms in total. The highest BCUT2D eigenvalue weighted by Gasteiger charge is 2.33. The number of allylic oxidation sites excluding steroid dienone is 3. The molecular weight excluding hydrogens is 434 g/mol. The average Bonchev–Trinajstić information content (AvgIpc) is 3.38. The van der Waals surface area contributed by atoms with E-state index in [9.17, 15) is 18.3 Å². The molecule has 0 spiro atoms. The molecular formula is C22H23N3O6S. The number of carbonyl (C=O) groups is 1. The number of carbonyl (C=O) groups excluding carboxylic acids is 1. The van der Waals surface area contributed by atoms with Gasteiger partial charge < -0.3 is 19.5 Å². The van der Waals surface area contributed by atoms with Crippen molar-refractivity contribution >= 4 is 15.9 Å². The number of aliphatic hydroxyl groups excluding tert-OH is 1. The SMILES string of the molecule is C=C/C=C(\C=C)[C@H](CO)C(=O)N1Cc2cn(S(=O)(=O)c3ccc4c(c3)OCCO4)nc2C1. The Morgan fingerprint density at radius 1 is 1.22 bits per heavy atom. The zero-order valence-electron chi connectivity index (χ0n) is 17.3. The molecule has 0 aliphatic carbocycles. The lowest BCUT2D eigenvalue weighted by atomic mass is 9.98. The number of ether oxygens (including phenoxy) is 2. The third kappa shape index (κ3) is 3.82. The molecule has 1 aromatic heterocycles. The van der Waals surface area contributed by atoms with Crippen molar-refractivity contribution in [2.45, 2.75) is 18.0 Å². The molecule has 2 aliphatic rings. The van der Waals surface area contributed by atoms with Crippen molar-refractivity contribution in [3.05, 3.63) is 72.6 Å². The van der Waals surface area contributed by atoms with E-state index in [0.717, 1.165) is 4.09 Å². The number of benzene rings is 1. The van der Waals surface area contributed by atoms with Crippen LogP contribution in [0, 0.1) is 5.92 Å². The van der Waals surface area contributed by atoms with Gasteiger partial charge in [0.1, 0.15) is 13.2 Å². The molecule has 4 rings (SSSR count). The highest BCUT2D eigenvalue weighted by Crippen LogP contribution is 2.33. The number of aliphatic hydroxyl groups is 1. The van der Waals surface area contributed by atoms with E-state index in [1.54, 1.807) is 12.1 Å². The standard InChI is InChI=1S/C22H23N3O6S/c1-3-5-15(4-2)18(14-26)22(27)24-11-16-12-25(23-19(16)13-24)32(28,29)17-6-7-20-21(10-17)31-9-8-30-20/h3-7,10,12,18,26H,1-2,8-9,11,13-14H2/b15-5+/t18-/m0/s1. The minimum atomic E-state index is -3.94. The fraction of sp³-hybridized carbons (Fsp3) is 0.273. The third-order valence-electron chi connectivity index (χ3n) is 5.36. The molecule has 1 N–H and O–H groups in total. The first-order chi connectivity index (χ1) is 15.4. The second kappa shape index (κ2) is 8.64. The average molecular weight is 458 g/mol. The van der Waals surface area contributed by atoms with Crippen LogP contribution in [-0.2, 0) is 27.9 Å². The van der Waals surface area contributed by atoms with Gasteiger partial charge in [-0.3, -0.25) is 4.79 Å². The number of nitrogens with zero attached hydrogens (tertiary/aromatic N) is 3. The van der Waals surface area contributed by atoms with Crippen molar-refractivity contribution in [3.63, 3.8) is 0 Å². The summed E-state index contributed by atoms with van der Waals surface area (Å²) in [4.78, 5) is 14.5. The predicted molar refractivity (Wildman–Crippen MR) is 116 cm³/mol. The maximum atomic E-state index is 13.1. The monoisotopic (exact) mass is 457 g/mol. The molecule has 10 heteroatoms. The first-order valence-corrected chi connectivity index (χ1v) is 11.4. The van der Waals surface area contributed by atoms with E-state index in [0.29, 0.717) is 41.5 Å². The minimum Gasteiger partial charge on any atom is -0.486 e. The summed E-state index contributed by atoms with van der Waals surface area (Å²) in [7, 11) is -3.94. The Kier molecular flexibility index (Phi) is 5.90. The summed E-state index contributed by atoms with van der Waals surface area (Å²) < 4.78 is 37.9. The van der Waals surface area contributed by atoms with Gasteiger partial charge in [-0.15, -0.1) is 0 Å². The molecule has 1 atom stereocenters. The van der Waals surface area contributed by atoms with Crippen LogP contribution in [0.3, 0.4) is 0 Å². The second-order valence-electron chi connectivity index (χ2n) is 7.32. The van der Waals surface area contributed by atoms with Gasteiger partial charge in [0.25, 0.3) is 10.0 Å². The Morgan fingerprint density at radius 2 is 1.97 bits per heavy atom. The molecule has 1 aromatic carbocycles. The van der Waals surface area contributed by atoms with E-state index >= 15 is 0 Å². The maximum absolute atomic E-state index is 13.1. The van der Waals surface area contributed by atoms with Crippen LogP contribution < -0.4 is 9.47 Å². The number of hydrogen-bond acceptors (Lipinski definition) is 7.